The summed E-state index contributed by atoms with van der Waals surface area (Å²) < 4.78 is 64.9. The Balaban J connectivity index is 1.98. The first-order chi connectivity index (χ1) is 12.8. The van der Waals surface area contributed by atoms with Crippen molar-refractivity contribution in [1.29, 1.82) is 0 Å². The van der Waals surface area contributed by atoms with Crippen molar-refractivity contribution in [3.05, 3.63) is 66.1 Å². The highest BCUT2D eigenvalue weighted by Crippen LogP contribution is 2.36. The lowest BCUT2D eigenvalue weighted by atomic mass is 10.1. The third-order valence-corrected chi connectivity index (χ3v) is 3.70. The summed E-state index contributed by atoms with van der Waals surface area (Å²) in [7, 11) is 1.26. The Morgan fingerprint density at radius 3 is 2.37 bits per heavy atom. The zero-order chi connectivity index (χ0) is 19.6. The highest BCUT2D eigenvalue weighted by molar-refractivity contribution is 5.71. The summed E-state index contributed by atoms with van der Waals surface area (Å²) in [4.78, 5) is 7.70. The molecule has 1 aromatic carbocycles. The molecule has 0 radical (unpaired) electrons. The molecule has 3 aromatic rings. The van der Waals surface area contributed by atoms with Crippen molar-refractivity contribution in [3.8, 4) is 28.5 Å². The van der Waals surface area contributed by atoms with Crippen LogP contribution in [0.2, 0.25) is 0 Å². The van der Waals surface area contributed by atoms with Crippen LogP contribution in [0, 0.1) is 11.6 Å². The third kappa shape index (κ3) is 3.99. The first-order valence-electron chi connectivity index (χ1n) is 7.80. The van der Waals surface area contributed by atoms with E-state index < -0.39 is 23.3 Å². The summed E-state index contributed by atoms with van der Waals surface area (Å²) >= 11 is 0. The highest BCUT2D eigenvalue weighted by atomic mass is 19.3. The van der Waals surface area contributed by atoms with Crippen LogP contribution < -0.4 is 9.47 Å². The minimum atomic E-state index is -3.08. The van der Waals surface area contributed by atoms with Gasteiger partial charge in [0, 0.05) is 30.3 Å². The fraction of sp³-hybridized carbons (Fsp3) is 0.158. The van der Waals surface area contributed by atoms with Crippen molar-refractivity contribution in [2.24, 2.45) is 0 Å². The van der Waals surface area contributed by atoms with Gasteiger partial charge >= 0.3 is 0 Å². The molecule has 0 aliphatic heterocycles. The minimum Gasteiger partial charge on any atom is -0.494 e. The average Bonchev–Trinajstić information content (AvgIpc) is 2.62. The first kappa shape index (κ1) is 18.6. The summed E-state index contributed by atoms with van der Waals surface area (Å²) in [6.07, 6.45) is 2.53. The van der Waals surface area contributed by atoms with E-state index >= 15 is 0 Å². The largest absolute Gasteiger partial charge is 0.494 e. The van der Waals surface area contributed by atoms with Gasteiger partial charge in [-0.3, -0.25) is 4.98 Å². The normalized spacial score (nSPS) is 11.3. The van der Waals surface area contributed by atoms with Gasteiger partial charge in [-0.2, -0.15) is 8.78 Å². The molecule has 0 aliphatic carbocycles. The van der Waals surface area contributed by atoms with Crippen molar-refractivity contribution in [2.45, 2.75) is 12.8 Å². The van der Waals surface area contributed by atoms with E-state index in [1.165, 1.54) is 31.5 Å². The van der Waals surface area contributed by atoms with E-state index in [1.54, 1.807) is 6.07 Å². The molecule has 0 fully saturated rings. The highest BCUT2D eigenvalue weighted by Gasteiger charge is 2.26. The number of alkyl halides is 2. The van der Waals surface area contributed by atoms with Crippen LogP contribution in [0.5, 0.6) is 17.4 Å². The van der Waals surface area contributed by atoms with E-state index in [2.05, 4.69) is 9.97 Å². The van der Waals surface area contributed by atoms with Crippen LogP contribution in [0.3, 0.4) is 0 Å². The number of aromatic nitrogens is 2. The van der Waals surface area contributed by atoms with Crippen LogP contribution in [0.4, 0.5) is 17.6 Å². The topological polar surface area (TPSA) is 44.2 Å². The maximum Gasteiger partial charge on any atom is 0.286 e. The molecule has 0 N–H and O–H groups in total. The molecule has 2 aromatic heterocycles. The lowest BCUT2D eigenvalue weighted by Gasteiger charge is -2.13. The summed E-state index contributed by atoms with van der Waals surface area (Å²) in [6.45, 7) is 0.734. The van der Waals surface area contributed by atoms with Gasteiger partial charge in [0.1, 0.15) is 17.3 Å². The summed E-state index contributed by atoms with van der Waals surface area (Å²) in [5, 5.41) is 0. The predicted molar refractivity (Wildman–Crippen MR) is 90.0 cm³/mol. The van der Waals surface area contributed by atoms with Crippen molar-refractivity contribution in [3.63, 3.8) is 0 Å². The number of benzene rings is 1. The van der Waals surface area contributed by atoms with Gasteiger partial charge in [-0.25, -0.2) is 13.8 Å². The molecule has 27 heavy (non-hydrogen) atoms. The third-order valence-electron chi connectivity index (χ3n) is 3.70. The van der Waals surface area contributed by atoms with Crippen LogP contribution in [-0.4, -0.2) is 17.1 Å². The molecule has 0 aliphatic rings. The summed E-state index contributed by atoms with van der Waals surface area (Å²) in [6, 6.07) is 7.40. The maximum atomic E-state index is 14.3. The van der Waals surface area contributed by atoms with Crippen molar-refractivity contribution in [2.75, 3.05) is 7.11 Å². The lowest BCUT2D eigenvalue weighted by Crippen LogP contribution is -2.09. The average molecular weight is 378 g/mol. The fourth-order valence-electron chi connectivity index (χ4n) is 2.38. The second-order valence-electron chi connectivity index (χ2n) is 5.69. The predicted octanol–water partition coefficient (Wildman–Crippen LogP) is 5.33. The smallest absolute Gasteiger partial charge is 0.286 e. The van der Waals surface area contributed by atoms with Gasteiger partial charge in [0.05, 0.1) is 13.3 Å². The number of hydrogen-bond donors (Lipinski definition) is 0. The molecular formula is C19H14F4N2O2. The van der Waals surface area contributed by atoms with Crippen LogP contribution in [0.15, 0.2) is 48.8 Å². The van der Waals surface area contributed by atoms with Gasteiger partial charge < -0.3 is 9.47 Å². The second-order valence-corrected chi connectivity index (χ2v) is 5.69. The Hall–Kier alpha value is -3.16. The Morgan fingerprint density at radius 1 is 0.963 bits per heavy atom. The van der Waals surface area contributed by atoms with Crippen molar-refractivity contribution >= 4 is 0 Å². The molecule has 8 heteroatoms. The van der Waals surface area contributed by atoms with Crippen LogP contribution in [0.1, 0.15) is 12.6 Å². The number of hydrogen-bond acceptors (Lipinski definition) is 4. The molecule has 0 saturated carbocycles. The van der Waals surface area contributed by atoms with E-state index in [4.69, 9.17) is 9.47 Å². The van der Waals surface area contributed by atoms with Crippen LogP contribution >= 0.6 is 0 Å². The second kappa shape index (κ2) is 7.22. The van der Waals surface area contributed by atoms with Crippen molar-refractivity contribution < 1.29 is 27.0 Å². The quantitative estimate of drug-likeness (QED) is 0.563. The molecule has 3 rings (SSSR count). The molecule has 0 saturated heterocycles. The molecule has 4 nitrogen and oxygen atoms in total. The van der Waals surface area contributed by atoms with Gasteiger partial charge in [0.2, 0.25) is 5.88 Å². The lowest BCUT2D eigenvalue weighted by molar-refractivity contribution is 0.0127. The Kier molecular flexibility index (Phi) is 4.98. The van der Waals surface area contributed by atoms with Crippen molar-refractivity contribution in [1.82, 2.24) is 9.97 Å². The van der Waals surface area contributed by atoms with Gasteiger partial charge in [-0.1, -0.05) is 0 Å². The number of nitrogens with zero attached hydrogens (tertiary/aromatic N) is 2. The number of methoxy groups -OCH3 is 1. The molecule has 0 bridgehead atoms. The Morgan fingerprint density at radius 2 is 1.74 bits per heavy atom. The first-order valence-corrected chi connectivity index (χ1v) is 7.80. The van der Waals surface area contributed by atoms with E-state index in [-0.39, 0.29) is 28.5 Å². The SMILES string of the molecule is COc1cc(-c2cccnc2Oc2ccc(C(C)(F)F)nc2)c(F)cc1F. The number of halogens is 4. The van der Waals surface area contributed by atoms with Gasteiger partial charge in [0.15, 0.2) is 11.6 Å². The maximum absolute atomic E-state index is 14.3. The number of ether oxygens (including phenoxy) is 2. The van der Waals surface area contributed by atoms with Crippen LogP contribution in [0.25, 0.3) is 11.1 Å². The minimum absolute atomic E-state index is 0.00266. The van der Waals surface area contributed by atoms with E-state index in [0.29, 0.717) is 6.07 Å². The molecule has 0 unspecified atom stereocenters. The van der Waals surface area contributed by atoms with Gasteiger partial charge in [0.25, 0.3) is 5.92 Å². The van der Waals surface area contributed by atoms with E-state index in [1.807, 2.05) is 0 Å². The summed E-state index contributed by atoms with van der Waals surface area (Å²) in [5.41, 5.74) is -0.162. The van der Waals surface area contributed by atoms with E-state index in [0.717, 1.165) is 19.2 Å². The van der Waals surface area contributed by atoms with E-state index in [9.17, 15) is 17.6 Å². The zero-order valence-electron chi connectivity index (χ0n) is 14.3. The number of pyridine rings is 2. The fourth-order valence-corrected chi connectivity index (χ4v) is 2.38. The molecule has 0 atom stereocenters. The summed E-state index contributed by atoms with van der Waals surface area (Å²) in [5.74, 6) is -4.75. The Bertz CT molecular complexity index is 957. The van der Waals surface area contributed by atoms with Gasteiger partial charge in [-0.15, -0.1) is 0 Å². The zero-order valence-corrected chi connectivity index (χ0v) is 14.3. The Labute approximate surface area is 152 Å². The number of rotatable bonds is 5. The van der Waals surface area contributed by atoms with Crippen LogP contribution in [-0.2, 0) is 5.92 Å². The molecule has 0 spiro atoms. The standard InChI is InChI=1S/C19H14F4N2O2/c1-19(22,23)17-6-5-11(10-25-17)27-18-12(4-3-7-24-18)13-8-16(26-2)15(21)9-14(13)20/h3-10H,1-2H3. The molecule has 2 heterocycles. The molecular weight excluding hydrogens is 364 g/mol. The monoisotopic (exact) mass is 378 g/mol. The van der Waals surface area contributed by atoms with Gasteiger partial charge in [-0.05, 0) is 30.3 Å². The molecule has 140 valence electrons. The molecule has 0 amide bonds.